The fourth-order valence-electron chi connectivity index (χ4n) is 3.04. The van der Waals surface area contributed by atoms with Crippen LogP contribution in [0, 0.1) is 0 Å². The molecule has 4 aromatic rings. The summed E-state index contributed by atoms with van der Waals surface area (Å²) in [6, 6.07) is 29.8. The van der Waals surface area contributed by atoms with Crippen molar-refractivity contribution in [1.82, 2.24) is 0 Å². The Bertz CT molecular complexity index is 1120. The second kappa shape index (κ2) is 14.4. The van der Waals surface area contributed by atoms with Gasteiger partial charge in [-0.3, -0.25) is 0 Å². The average molecular weight is 506 g/mol. The molecule has 5 heteroatoms. The van der Waals surface area contributed by atoms with Gasteiger partial charge < -0.3 is 60.8 Å². The molecule has 0 aliphatic carbocycles. The molecule has 0 fully saturated rings. The Morgan fingerprint density at radius 2 is 1.14 bits per heavy atom. The van der Waals surface area contributed by atoms with Crippen molar-refractivity contribution in [2.24, 2.45) is 0 Å². The van der Waals surface area contributed by atoms with Gasteiger partial charge in [0.15, 0.2) is 0 Å². The van der Waals surface area contributed by atoms with Gasteiger partial charge in [0, 0.05) is 17.1 Å². The second-order valence-corrected chi connectivity index (χ2v) is 7.29. The predicted octanol–water partition coefficient (Wildman–Crippen LogP) is 6.62. The van der Waals surface area contributed by atoms with Gasteiger partial charge in [-0.05, 0) is 29.8 Å². The molecular weight excluding hydrogens is 480 g/mol. The van der Waals surface area contributed by atoms with Gasteiger partial charge in [0.25, 0.3) is 0 Å². The minimum atomic E-state index is 0. The third kappa shape index (κ3) is 8.74. The molecule has 0 aromatic heterocycles. The average Bonchev–Trinajstić information content (AvgIpc) is 3.62. The van der Waals surface area contributed by atoms with Gasteiger partial charge in [-0.1, -0.05) is 47.5 Å². The Morgan fingerprint density at radius 3 is 1.57 bits per heavy atom. The molecule has 0 radical (unpaired) electrons. The van der Waals surface area contributed by atoms with Crippen molar-refractivity contribution < 1.29 is 36.1 Å². The van der Waals surface area contributed by atoms with E-state index >= 15 is 0 Å². The summed E-state index contributed by atoms with van der Waals surface area (Å²) in [6.07, 6.45) is 6.76. The van der Waals surface area contributed by atoms with Crippen LogP contribution in [0.2, 0.25) is 0 Å². The number of hydrogen-bond acceptors (Lipinski definition) is 4. The van der Waals surface area contributed by atoms with Crippen molar-refractivity contribution in [3.8, 4) is 11.5 Å². The smallest absolute Gasteiger partial charge is 0.118 e. The molecule has 0 aliphatic rings. The summed E-state index contributed by atoms with van der Waals surface area (Å²) in [6.45, 7) is 0. The van der Waals surface area contributed by atoms with Crippen molar-refractivity contribution in [3.05, 3.63) is 131 Å². The van der Waals surface area contributed by atoms with Gasteiger partial charge in [-0.15, -0.1) is 12.1 Å². The van der Waals surface area contributed by atoms with Crippen LogP contribution in [0.5, 0.6) is 11.5 Å². The molecule has 0 unspecified atom stereocenters. The largest absolute Gasteiger partial charge is 0.645 e. The normalized spacial score (nSPS) is 10.3. The Morgan fingerprint density at radius 1 is 0.714 bits per heavy atom. The first-order valence-electron chi connectivity index (χ1n) is 10.8. The number of carbonyl (C=O) groups excluding carboxylic acids is 2. The standard InChI is InChI=1S/2C15H13O2.Fe/c2*1-17-14-9-6-12(7-10-14)8-11-15(16)13-4-2-3-5-13;/h2*2-11H,1H3;/q-5;-1;. The van der Waals surface area contributed by atoms with E-state index in [-0.39, 0.29) is 28.6 Å². The van der Waals surface area contributed by atoms with E-state index in [2.05, 4.69) is 0 Å². The van der Waals surface area contributed by atoms with E-state index in [0.717, 1.165) is 33.8 Å². The van der Waals surface area contributed by atoms with Crippen LogP contribution in [-0.4, -0.2) is 25.8 Å². The fraction of sp³-hybridized carbons (Fsp3) is 0.0667. The van der Waals surface area contributed by atoms with Crippen molar-refractivity contribution in [1.29, 1.82) is 0 Å². The maximum absolute atomic E-state index is 11.7. The van der Waals surface area contributed by atoms with E-state index in [1.807, 2.05) is 72.8 Å². The van der Waals surface area contributed by atoms with Gasteiger partial charge in [-0.2, -0.15) is 18.2 Å². The molecule has 0 N–H and O–H groups in total. The van der Waals surface area contributed by atoms with Gasteiger partial charge in [0.1, 0.15) is 17.3 Å². The van der Waals surface area contributed by atoms with Gasteiger partial charge >= 0.3 is 0 Å². The topological polar surface area (TPSA) is 52.6 Å². The quantitative estimate of drug-likeness (QED) is 0.117. The molecule has 35 heavy (non-hydrogen) atoms. The molecule has 0 aliphatic heterocycles. The molecular formula is C30H26FeO4-6. The minimum Gasteiger partial charge on any atom is -0.645 e. The van der Waals surface area contributed by atoms with Crippen LogP contribution in [0.25, 0.3) is 12.2 Å². The Kier molecular flexibility index (Phi) is 11.2. The van der Waals surface area contributed by atoms with Crippen molar-refractivity contribution in [3.63, 3.8) is 0 Å². The summed E-state index contributed by atoms with van der Waals surface area (Å²) < 4.78 is 10.1. The molecule has 4 nitrogen and oxygen atoms in total. The molecule has 184 valence electrons. The number of ketones is 2. The first-order chi connectivity index (χ1) is 16.6. The monoisotopic (exact) mass is 506 g/mol. The number of carbonyl (C=O) groups is 2. The number of rotatable bonds is 8. The Hall–Kier alpha value is -3.92. The first kappa shape index (κ1) is 27.3. The summed E-state index contributed by atoms with van der Waals surface area (Å²) in [5.41, 5.74) is 3.39. The molecule has 0 atom stereocenters. The van der Waals surface area contributed by atoms with E-state index in [4.69, 9.17) is 9.47 Å². The second-order valence-electron chi connectivity index (χ2n) is 7.29. The van der Waals surface area contributed by atoms with Gasteiger partial charge in [-0.25, -0.2) is 0 Å². The van der Waals surface area contributed by atoms with Gasteiger partial charge in [0.05, 0.1) is 14.2 Å². The van der Waals surface area contributed by atoms with E-state index in [0.29, 0.717) is 0 Å². The van der Waals surface area contributed by atoms with E-state index in [1.165, 1.54) is 0 Å². The summed E-state index contributed by atoms with van der Waals surface area (Å²) >= 11 is 0. The maximum Gasteiger partial charge on any atom is 0.118 e. The summed E-state index contributed by atoms with van der Waals surface area (Å²) in [5.74, 6) is 1.66. The molecule has 0 saturated carbocycles. The number of allylic oxidation sites excluding steroid dienone is 2. The van der Waals surface area contributed by atoms with Crippen molar-refractivity contribution in [2.45, 2.75) is 0 Å². The van der Waals surface area contributed by atoms with Gasteiger partial charge in [0.2, 0.25) is 0 Å². The molecule has 0 bridgehead atoms. The van der Waals surface area contributed by atoms with E-state index in [9.17, 15) is 9.59 Å². The number of benzene rings is 2. The minimum absolute atomic E-state index is 0. The molecule has 0 saturated heterocycles. The zero-order valence-corrected chi connectivity index (χ0v) is 20.6. The molecule has 0 heterocycles. The van der Waals surface area contributed by atoms with Crippen LogP contribution >= 0.6 is 0 Å². The van der Waals surface area contributed by atoms with Crippen LogP contribution in [-0.2, 0) is 17.1 Å². The molecule has 0 spiro atoms. The summed E-state index contributed by atoms with van der Waals surface area (Å²) in [4.78, 5) is 23.4. The maximum atomic E-state index is 11.7. The third-order valence-corrected chi connectivity index (χ3v) is 4.98. The Labute approximate surface area is 216 Å². The van der Waals surface area contributed by atoms with Crippen LogP contribution < -0.4 is 9.47 Å². The van der Waals surface area contributed by atoms with Crippen LogP contribution in [0.1, 0.15) is 31.8 Å². The number of methoxy groups -OCH3 is 2. The number of ether oxygens (including phenoxy) is 2. The van der Waals surface area contributed by atoms with Crippen LogP contribution in [0.3, 0.4) is 0 Å². The van der Waals surface area contributed by atoms with Crippen LogP contribution in [0.15, 0.2) is 109 Å². The third-order valence-electron chi connectivity index (χ3n) is 4.98. The summed E-state index contributed by atoms with van der Waals surface area (Å²) in [5, 5.41) is 0. The zero-order valence-electron chi connectivity index (χ0n) is 19.5. The van der Waals surface area contributed by atoms with E-state index < -0.39 is 0 Å². The molecule has 4 rings (SSSR count). The summed E-state index contributed by atoms with van der Waals surface area (Å²) in [7, 11) is 3.26. The number of hydrogen-bond donors (Lipinski definition) is 0. The SMILES string of the molecule is COc1ccc(C=CC(=O)[c-]2[cH-][cH-][cH-][cH-]2)cc1.COc1ccc(C=CC(=O)[c-]2cccc2)cc1.[Fe]. The predicted molar refractivity (Wildman–Crippen MR) is 137 cm³/mol. The molecule has 4 aromatic carbocycles. The van der Waals surface area contributed by atoms with Crippen molar-refractivity contribution in [2.75, 3.05) is 14.2 Å². The Balaban J connectivity index is 0.000000240. The van der Waals surface area contributed by atoms with Crippen molar-refractivity contribution >= 4 is 23.7 Å². The molecule has 0 amide bonds. The fourth-order valence-corrected chi connectivity index (χ4v) is 3.04. The van der Waals surface area contributed by atoms with E-state index in [1.54, 1.807) is 62.8 Å². The van der Waals surface area contributed by atoms with Crippen LogP contribution in [0.4, 0.5) is 0 Å². The zero-order chi connectivity index (χ0) is 24.2. The first-order valence-corrected chi connectivity index (χ1v) is 10.8.